The lowest BCUT2D eigenvalue weighted by atomic mass is 10.2. The van der Waals surface area contributed by atoms with Gasteiger partial charge in [-0.2, -0.15) is 4.98 Å². The number of oxazole rings is 1. The topological polar surface area (TPSA) is 112 Å². The Hall–Kier alpha value is -2.04. The summed E-state index contributed by atoms with van der Waals surface area (Å²) in [5.41, 5.74) is 7.94. The fraction of sp³-hybridized carbons (Fsp3) is 0.524. The maximum absolute atomic E-state index is 10.2. The number of anilines is 1. The average molecular weight is 435 g/mol. The van der Waals surface area contributed by atoms with E-state index in [1.807, 2.05) is 13.1 Å². The zero-order valence-electron chi connectivity index (χ0n) is 18.1. The molecule has 166 valence electrons. The Morgan fingerprint density at radius 1 is 1.40 bits per heavy atom. The van der Waals surface area contributed by atoms with E-state index in [1.165, 1.54) is 6.26 Å². The Labute approximate surface area is 182 Å². The Kier molecular flexibility index (Phi) is 10.7. The molecule has 8 nitrogen and oxygen atoms in total. The zero-order chi connectivity index (χ0) is 21.8. The maximum Gasteiger partial charge on any atom is 0.292 e. The van der Waals surface area contributed by atoms with E-state index in [1.54, 1.807) is 11.3 Å². The first-order valence-corrected chi connectivity index (χ1v) is 11.3. The van der Waals surface area contributed by atoms with Crippen molar-refractivity contribution in [3.05, 3.63) is 46.3 Å². The average Bonchev–Trinajstić information content (AvgIpc) is 3.39. The molecule has 0 aromatic carbocycles. The van der Waals surface area contributed by atoms with Gasteiger partial charge in [0.05, 0.1) is 5.69 Å². The molecule has 30 heavy (non-hydrogen) atoms. The van der Waals surface area contributed by atoms with Crippen LogP contribution < -0.4 is 16.4 Å². The quantitative estimate of drug-likeness (QED) is 0.265. The third-order valence-corrected chi connectivity index (χ3v) is 5.46. The van der Waals surface area contributed by atoms with E-state index in [0.29, 0.717) is 12.2 Å². The van der Waals surface area contributed by atoms with E-state index < -0.39 is 6.23 Å². The second-order valence-electron chi connectivity index (χ2n) is 6.89. The molecule has 5 N–H and O–H groups in total. The number of likely N-dealkylation sites (N-methyl/N-ethyl adjacent to an activating group) is 2. The van der Waals surface area contributed by atoms with Gasteiger partial charge in [-0.15, -0.1) is 11.3 Å². The molecule has 0 radical (unpaired) electrons. The van der Waals surface area contributed by atoms with Crippen molar-refractivity contribution in [2.24, 2.45) is 0 Å². The second-order valence-corrected chi connectivity index (χ2v) is 7.75. The SMILES string of the molecule is CCC/C=C\C(=C/CNC(O)c1coc(N)n1)c1nc(CN(CC)CCNC)cs1. The van der Waals surface area contributed by atoms with Crippen LogP contribution in [0, 0.1) is 0 Å². The van der Waals surface area contributed by atoms with Gasteiger partial charge in [0.1, 0.15) is 17.0 Å². The summed E-state index contributed by atoms with van der Waals surface area (Å²) in [6.45, 7) is 8.56. The number of rotatable bonds is 14. The highest BCUT2D eigenvalue weighted by Crippen LogP contribution is 2.22. The molecule has 9 heteroatoms. The monoisotopic (exact) mass is 434 g/mol. The largest absolute Gasteiger partial charge is 0.432 e. The van der Waals surface area contributed by atoms with E-state index in [2.05, 4.69) is 51.9 Å². The molecule has 1 atom stereocenters. The highest BCUT2D eigenvalue weighted by atomic mass is 32.1. The van der Waals surface area contributed by atoms with Crippen molar-refractivity contribution in [3.8, 4) is 0 Å². The van der Waals surface area contributed by atoms with Gasteiger partial charge in [-0.05, 0) is 20.0 Å². The number of hydrogen-bond acceptors (Lipinski definition) is 9. The van der Waals surface area contributed by atoms with E-state index in [9.17, 15) is 5.11 Å². The molecule has 2 aromatic heterocycles. The molecule has 2 heterocycles. The van der Waals surface area contributed by atoms with Crippen LogP contribution in [0.3, 0.4) is 0 Å². The van der Waals surface area contributed by atoms with Crippen LogP contribution in [-0.2, 0) is 6.54 Å². The lowest BCUT2D eigenvalue weighted by Gasteiger charge is -2.18. The third-order valence-electron chi connectivity index (χ3n) is 4.52. The number of hydrogen-bond donors (Lipinski definition) is 4. The molecular weight excluding hydrogens is 400 g/mol. The fourth-order valence-corrected chi connectivity index (χ4v) is 3.61. The summed E-state index contributed by atoms with van der Waals surface area (Å²) in [7, 11) is 1.97. The normalized spacial score (nSPS) is 13.6. The predicted octanol–water partition coefficient (Wildman–Crippen LogP) is 2.78. The molecular formula is C21H34N6O2S. The van der Waals surface area contributed by atoms with Crippen LogP contribution >= 0.6 is 11.3 Å². The first-order valence-electron chi connectivity index (χ1n) is 10.4. The fourth-order valence-electron chi connectivity index (χ4n) is 2.78. The lowest BCUT2D eigenvalue weighted by molar-refractivity contribution is 0.139. The minimum Gasteiger partial charge on any atom is -0.432 e. The van der Waals surface area contributed by atoms with Crippen molar-refractivity contribution >= 4 is 22.9 Å². The molecule has 0 fully saturated rings. The molecule has 0 aliphatic rings. The summed E-state index contributed by atoms with van der Waals surface area (Å²) >= 11 is 1.64. The smallest absolute Gasteiger partial charge is 0.292 e. The van der Waals surface area contributed by atoms with Crippen LogP contribution in [0.4, 0.5) is 6.01 Å². The minimum atomic E-state index is -0.944. The first kappa shape index (κ1) is 24.2. The van der Waals surface area contributed by atoms with Gasteiger partial charge in [0.2, 0.25) is 0 Å². The molecule has 0 saturated heterocycles. The van der Waals surface area contributed by atoms with Crippen molar-refractivity contribution in [2.75, 3.05) is 39.0 Å². The van der Waals surface area contributed by atoms with E-state index >= 15 is 0 Å². The predicted molar refractivity (Wildman–Crippen MR) is 123 cm³/mol. The molecule has 0 aliphatic carbocycles. The van der Waals surface area contributed by atoms with E-state index in [4.69, 9.17) is 15.1 Å². The summed E-state index contributed by atoms with van der Waals surface area (Å²) in [5, 5.41) is 19.5. The van der Waals surface area contributed by atoms with E-state index in [-0.39, 0.29) is 6.01 Å². The molecule has 0 saturated carbocycles. The maximum atomic E-state index is 10.2. The standard InChI is InChI=1S/C21H34N6O2S/c1-4-6-7-8-16(9-10-24-19(28)18-14-29-21(22)26-18)20-25-17(15-30-20)13-27(5-2)12-11-23-3/h7-9,14-15,19,23-24,28H,4-6,10-13H2,1-3H3,(H2,22,26)/b8-7-,16-9+. The molecule has 0 spiro atoms. The van der Waals surface area contributed by atoms with Gasteiger partial charge in [0.15, 0.2) is 6.23 Å². The summed E-state index contributed by atoms with van der Waals surface area (Å²) in [6.07, 6.45) is 8.80. The highest BCUT2D eigenvalue weighted by Gasteiger charge is 2.12. The van der Waals surface area contributed by atoms with Gasteiger partial charge in [0.25, 0.3) is 6.01 Å². The van der Waals surface area contributed by atoms with Crippen LogP contribution in [0.5, 0.6) is 0 Å². The number of allylic oxidation sites excluding steroid dienone is 3. The van der Waals surface area contributed by atoms with Crippen molar-refractivity contribution in [1.29, 1.82) is 0 Å². The molecule has 2 rings (SSSR count). The van der Waals surface area contributed by atoms with Gasteiger partial charge in [-0.25, -0.2) is 4.98 Å². The van der Waals surface area contributed by atoms with Crippen molar-refractivity contribution in [3.63, 3.8) is 0 Å². The molecule has 0 aliphatic heterocycles. The van der Waals surface area contributed by atoms with Gasteiger partial charge >= 0.3 is 0 Å². The Morgan fingerprint density at radius 3 is 2.90 bits per heavy atom. The summed E-state index contributed by atoms with van der Waals surface area (Å²) in [6, 6.07) is 0.0377. The van der Waals surface area contributed by atoms with Gasteiger partial charge in [-0.1, -0.05) is 38.5 Å². The Balaban J connectivity index is 2.04. The van der Waals surface area contributed by atoms with Crippen molar-refractivity contribution < 1.29 is 9.52 Å². The van der Waals surface area contributed by atoms with Crippen LogP contribution in [-0.4, -0.2) is 53.2 Å². The number of aliphatic hydroxyl groups is 1. The van der Waals surface area contributed by atoms with Crippen molar-refractivity contribution in [2.45, 2.75) is 39.5 Å². The number of thiazole rings is 1. The molecule has 0 amide bonds. The Bertz CT molecular complexity index is 801. The lowest BCUT2D eigenvalue weighted by Crippen LogP contribution is -2.30. The Morgan fingerprint density at radius 2 is 2.23 bits per heavy atom. The number of nitrogens with zero attached hydrogens (tertiary/aromatic N) is 3. The second kappa shape index (κ2) is 13.3. The number of nitrogens with two attached hydrogens (primary N) is 1. The highest BCUT2D eigenvalue weighted by molar-refractivity contribution is 7.10. The first-order chi connectivity index (χ1) is 14.6. The number of unbranched alkanes of at least 4 members (excludes halogenated alkanes) is 1. The number of aliphatic hydroxyl groups excluding tert-OH is 1. The van der Waals surface area contributed by atoms with Gasteiger partial charge < -0.3 is 20.6 Å². The molecule has 0 bridgehead atoms. The summed E-state index contributed by atoms with van der Waals surface area (Å²) < 4.78 is 4.94. The van der Waals surface area contributed by atoms with Gasteiger partial charge in [-0.3, -0.25) is 10.2 Å². The minimum absolute atomic E-state index is 0.0377. The summed E-state index contributed by atoms with van der Waals surface area (Å²) in [4.78, 5) is 11.1. The number of aromatic nitrogens is 2. The number of nitrogen functional groups attached to an aromatic ring is 1. The zero-order valence-corrected chi connectivity index (χ0v) is 18.9. The number of nitrogens with one attached hydrogen (secondary N) is 2. The van der Waals surface area contributed by atoms with Crippen LogP contribution in [0.25, 0.3) is 5.57 Å². The molecule has 2 aromatic rings. The summed E-state index contributed by atoms with van der Waals surface area (Å²) in [5.74, 6) is 0. The third kappa shape index (κ3) is 8.00. The van der Waals surface area contributed by atoms with Crippen LogP contribution in [0.2, 0.25) is 0 Å². The van der Waals surface area contributed by atoms with Crippen LogP contribution in [0.1, 0.15) is 49.3 Å². The van der Waals surface area contributed by atoms with Crippen LogP contribution in [0.15, 0.2) is 34.3 Å². The molecule has 1 unspecified atom stereocenters. The van der Waals surface area contributed by atoms with Gasteiger partial charge in [0, 0.05) is 37.1 Å². The van der Waals surface area contributed by atoms with Crippen molar-refractivity contribution in [1.82, 2.24) is 25.5 Å². The van der Waals surface area contributed by atoms with E-state index in [0.717, 1.165) is 55.3 Å².